The van der Waals surface area contributed by atoms with E-state index >= 15 is 4.39 Å². The van der Waals surface area contributed by atoms with E-state index < -0.39 is 52.8 Å². The van der Waals surface area contributed by atoms with Crippen LogP contribution in [0.5, 0.6) is 5.75 Å². The maximum absolute atomic E-state index is 15.5. The number of nitrogens with zero attached hydrogens (tertiary/aromatic N) is 7. The van der Waals surface area contributed by atoms with E-state index in [0.717, 1.165) is 75.0 Å². The molecule has 6 heterocycles. The molecule has 1 spiro atoms. The first kappa shape index (κ1) is 42.2. The molecule has 0 radical (unpaired) electrons. The molecular formula is C44H45F4N9O6. The second-order valence-electron chi connectivity index (χ2n) is 17.6. The maximum Gasteiger partial charge on any atom is 0.417 e. The topological polar surface area (TPSA) is 181 Å². The van der Waals surface area contributed by atoms with Gasteiger partial charge in [0.2, 0.25) is 11.8 Å². The first-order valence-electron chi connectivity index (χ1n) is 21.4. The number of fused-ring (bicyclic) bond motifs is 1. The molecule has 0 bridgehead atoms. The van der Waals surface area contributed by atoms with Crippen molar-refractivity contribution in [2.45, 2.75) is 94.6 Å². The van der Waals surface area contributed by atoms with Crippen molar-refractivity contribution in [3.05, 3.63) is 76.2 Å². The van der Waals surface area contributed by atoms with E-state index in [9.17, 15) is 37.1 Å². The molecular weight excluding hydrogens is 827 g/mol. The third kappa shape index (κ3) is 8.28. The minimum atomic E-state index is -4.67. The van der Waals surface area contributed by atoms with Crippen LogP contribution in [0, 0.1) is 22.6 Å². The number of imide groups is 2. The number of carbonyl (C=O) groups is 5. The number of rotatable bonds is 8. The van der Waals surface area contributed by atoms with Crippen LogP contribution in [0.15, 0.2) is 42.5 Å². The number of hydrogen-bond donors (Lipinski definition) is 2. The SMILES string of the molecule is N#Cc1ccc(OC2CCC(NC(=O)c3ccc(N4CCC(N5CC6(CCN(c7cc8c(cc7F)C(=O)N(C7CCC(=O)NC7=O)C8=O)CC6)C5)CC4)nn3)CC2)cc1C(F)(F)F. The number of halogens is 4. The van der Waals surface area contributed by atoms with E-state index in [0.29, 0.717) is 50.6 Å². The van der Waals surface area contributed by atoms with E-state index in [-0.39, 0.29) is 64.6 Å². The van der Waals surface area contributed by atoms with Crippen molar-refractivity contribution in [2.24, 2.45) is 5.41 Å². The summed E-state index contributed by atoms with van der Waals surface area (Å²) < 4.78 is 61.4. The molecule has 5 fully saturated rings. The Morgan fingerprint density at radius 2 is 1.56 bits per heavy atom. The summed E-state index contributed by atoms with van der Waals surface area (Å²) in [5.41, 5.74) is -0.917. The molecule has 6 aliphatic rings. The molecule has 1 atom stereocenters. The Balaban J connectivity index is 0.706. The Kier molecular flexibility index (Phi) is 11.1. The van der Waals surface area contributed by atoms with Gasteiger partial charge >= 0.3 is 6.18 Å². The molecule has 3 aromatic rings. The van der Waals surface area contributed by atoms with Gasteiger partial charge in [-0.05, 0) is 106 Å². The van der Waals surface area contributed by atoms with E-state index in [1.54, 1.807) is 18.2 Å². The summed E-state index contributed by atoms with van der Waals surface area (Å²) >= 11 is 0. The maximum atomic E-state index is 15.5. The predicted molar refractivity (Wildman–Crippen MR) is 216 cm³/mol. The van der Waals surface area contributed by atoms with Gasteiger partial charge in [0, 0.05) is 57.8 Å². The minimum Gasteiger partial charge on any atom is -0.490 e. The van der Waals surface area contributed by atoms with Crippen LogP contribution >= 0.6 is 0 Å². The zero-order chi connectivity index (χ0) is 44.2. The number of amides is 5. The third-order valence-electron chi connectivity index (χ3n) is 13.7. The number of nitriles is 1. The summed E-state index contributed by atoms with van der Waals surface area (Å²) in [7, 11) is 0. The van der Waals surface area contributed by atoms with E-state index in [1.165, 1.54) is 12.1 Å². The zero-order valence-corrected chi connectivity index (χ0v) is 34.3. The number of piperidine rings is 3. The van der Waals surface area contributed by atoms with Crippen molar-refractivity contribution in [3.63, 3.8) is 0 Å². The molecule has 1 aromatic heterocycles. The molecule has 4 saturated heterocycles. The molecule has 19 heteroatoms. The zero-order valence-electron chi connectivity index (χ0n) is 34.3. The lowest BCUT2D eigenvalue weighted by atomic mass is 9.70. The Hall–Kier alpha value is -6.16. The van der Waals surface area contributed by atoms with Crippen LogP contribution in [0.4, 0.5) is 29.1 Å². The van der Waals surface area contributed by atoms with Gasteiger partial charge in [0.1, 0.15) is 17.6 Å². The van der Waals surface area contributed by atoms with Crippen LogP contribution in [0.3, 0.4) is 0 Å². The fourth-order valence-electron chi connectivity index (χ4n) is 10.1. The fraction of sp³-hybridized carbons (Fsp3) is 0.500. The van der Waals surface area contributed by atoms with Gasteiger partial charge in [0.15, 0.2) is 11.5 Å². The molecule has 2 N–H and O–H groups in total. The normalized spacial score (nSPS) is 24.2. The van der Waals surface area contributed by atoms with Gasteiger partial charge in [0.25, 0.3) is 17.7 Å². The van der Waals surface area contributed by atoms with Crippen molar-refractivity contribution in [1.29, 1.82) is 5.26 Å². The lowest BCUT2D eigenvalue weighted by molar-refractivity contribution is -0.138. The second kappa shape index (κ2) is 16.5. The number of hydrogen-bond acceptors (Lipinski definition) is 12. The number of nitrogens with one attached hydrogen (secondary N) is 2. The number of benzene rings is 2. The molecule has 2 aromatic carbocycles. The highest BCUT2D eigenvalue weighted by Gasteiger charge is 2.49. The molecule has 5 amide bonds. The molecule has 63 heavy (non-hydrogen) atoms. The van der Waals surface area contributed by atoms with Crippen LogP contribution in [0.2, 0.25) is 0 Å². The molecule has 5 aliphatic heterocycles. The number of alkyl halides is 3. The lowest BCUT2D eigenvalue weighted by Crippen LogP contribution is -2.64. The Labute approximate surface area is 359 Å². The van der Waals surface area contributed by atoms with Gasteiger partial charge in [-0.15, -0.1) is 10.2 Å². The van der Waals surface area contributed by atoms with Crippen LogP contribution in [0.25, 0.3) is 0 Å². The van der Waals surface area contributed by atoms with Gasteiger partial charge in [-0.25, -0.2) is 4.39 Å². The summed E-state index contributed by atoms with van der Waals surface area (Å²) in [5, 5.41) is 22.8. The van der Waals surface area contributed by atoms with Crippen LogP contribution in [0.1, 0.15) is 107 Å². The van der Waals surface area contributed by atoms with Gasteiger partial charge in [-0.1, -0.05) is 0 Å². The molecule has 330 valence electrons. The molecule has 15 nitrogen and oxygen atoms in total. The number of likely N-dealkylation sites (tertiary alicyclic amines) is 1. The summed E-state index contributed by atoms with van der Waals surface area (Å²) in [6.45, 7) is 4.67. The summed E-state index contributed by atoms with van der Waals surface area (Å²) in [4.78, 5) is 71.0. The lowest BCUT2D eigenvalue weighted by Gasteiger charge is -2.57. The first-order chi connectivity index (χ1) is 30.2. The highest BCUT2D eigenvalue weighted by Crippen LogP contribution is 2.44. The number of anilines is 2. The van der Waals surface area contributed by atoms with Crippen LogP contribution < -0.4 is 25.2 Å². The van der Waals surface area contributed by atoms with Gasteiger partial charge < -0.3 is 19.9 Å². The first-order valence-corrected chi connectivity index (χ1v) is 21.4. The fourth-order valence-corrected chi connectivity index (χ4v) is 10.1. The van der Waals surface area contributed by atoms with Gasteiger partial charge in [-0.3, -0.25) is 39.1 Å². The van der Waals surface area contributed by atoms with Crippen molar-refractivity contribution in [2.75, 3.05) is 49.1 Å². The monoisotopic (exact) mass is 871 g/mol. The standard InChI is InChI=1S/C44H45F4N9O6/c45-33-20-30-31(42(62)57(41(30)61)35-8-10-38(58)51-40(35)60)21-36(33)54-17-13-43(14-18-54)23-56(24-43)27-11-15-55(16-12-27)37-9-7-34(52-53-37)39(59)50-26-2-5-28(6-3-26)63-29-4-1-25(22-49)32(19-29)44(46,47)48/h1,4,7,9,19-21,26-28,35H,2-3,5-6,8,10-18,23-24H2,(H,50,59)(H,51,58,60). The Morgan fingerprint density at radius 1 is 0.857 bits per heavy atom. The largest absolute Gasteiger partial charge is 0.490 e. The number of carbonyl (C=O) groups excluding carboxylic acids is 5. The smallest absolute Gasteiger partial charge is 0.417 e. The van der Waals surface area contributed by atoms with Gasteiger partial charge in [0.05, 0.1) is 40.1 Å². The summed E-state index contributed by atoms with van der Waals surface area (Å²) in [6, 6.07) is 10.0. The third-order valence-corrected chi connectivity index (χ3v) is 13.7. The van der Waals surface area contributed by atoms with Crippen molar-refractivity contribution < 1.29 is 46.3 Å². The molecule has 1 saturated carbocycles. The summed E-state index contributed by atoms with van der Waals surface area (Å²) in [5.74, 6) is -2.76. The highest BCUT2D eigenvalue weighted by atomic mass is 19.4. The quantitative estimate of drug-likeness (QED) is 0.238. The average Bonchev–Trinajstić information content (AvgIpc) is 3.50. The van der Waals surface area contributed by atoms with Crippen molar-refractivity contribution in [3.8, 4) is 11.8 Å². The van der Waals surface area contributed by atoms with Crippen molar-refractivity contribution in [1.82, 2.24) is 30.6 Å². The molecule has 1 aliphatic carbocycles. The number of aromatic nitrogens is 2. The van der Waals surface area contributed by atoms with E-state index in [2.05, 4.69) is 30.6 Å². The Morgan fingerprint density at radius 3 is 2.19 bits per heavy atom. The number of ether oxygens (including phenoxy) is 1. The predicted octanol–water partition coefficient (Wildman–Crippen LogP) is 4.60. The highest BCUT2D eigenvalue weighted by molar-refractivity contribution is 6.23. The average molecular weight is 872 g/mol. The second-order valence-corrected chi connectivity index (χ2v) is 17.6. The van der Waals surface area contributed by atoms with Crippen molar-refractivity contribution >= 4 is 41.0 Å². The van der Waals surface area contributed by atoms with Crippen LogP contribution in [-0.2, 0) is 15.8 Å². The summed E-state index contributed by atoms with van der Waals surface area (Å²) in [6.07, 6.45) is 0.861. The van der Waals surface area contributed by atoms with Gasteiger partial charge in [-0.2, -0.15) is 18.4 Å². The van der Waals surface area contributed by atoms with E-state index in [1.807, 2.05) is 4.90 Å². The Bertz CT molecular complexity index is 2380. The molecule has 9 rings (SSSR count). The molecule has 1 unspecified atom stereocenters. The van der Waals surface area contributed by atoms with Crippen LogP contribution in [-0.4, -0.2) is 113 Å². The van der Waals surface area contributed by atoms with E-state index in [4.69, 9.17) is 10.00 Å². The minimum absolute atomic E-state index is 0.00411.